The molecule has 0 saturated heterocycles. The lowest BCUT2D eigenvalue weighted by Gasteiger charge is -2.21. The summed E-state index contributed by atoms with van der Waals surface area (Å²) >= 11 is 0. The number of primary amides is 1. The zero-order valence-electron chi connectivity index (χ0n) is 24.9. The Morgan fingerprint density at radius 2 is 1.60 bits per heavy atom. The third-order valence-electron chi connectivity index (χ3n) is 7.68. The Kier molecular flexibility index (Phi) is 6.90. The minimum absolute atomic E-state index is 0.0114. The van der Waals surface area contributed by atoms with Crippen LogP contribution in [0.2, 0.25) is 0 Å². The SMILES string of the molecule is Cc1noc(-c2ccc(-c3cc4c(C(N)=O)c(-c5ccc(F)cc5)oc4cc3N(C)S(C)(=O)=O)cc2-c2nc3c(F)cccc3o2)n1. The van der Waals surface area contributed by atoms with Gasteiger partial charge in [-0.1, -0.05) is 17.3 Å². The number of nitrogens with zero attached hydrogens (tertiary/aromatic N) is 4. The van der Waals surface area contributed by atoms with Crippen LogP contribution in [0.4, 0.5) is 14.5 Å². The molecule has 7 rings (SSSR count). The number of carbonyl (C=O) groups excluding carboxylic acids is 1. The van der Waals surface area contributed by atoms with Crippen molar-refractivity contribution in [1.29, 1.82) is 0 Å². The fraction of sp³-hybridized carbons (Fsp3) is 0.0909. The number of fused-ring (bicyclic) bond motifs is 2. The van der Waals surface area contributed by atoms with E-state index in [4.69, 9.17) is 19.1 Å². The highest BCUT2D eigenvalue weighted by Crippen LogP contribution is 2.43. The first-order valence-electron chi connectivity index (χ1n) is 14.0. The maximum Gasteiger partial charge on any atom is 0.258 e. The van der Waals surface area contributed by atoms with Crippen LogP contribution < -0.4 is 10.0 Å². The summed E-state index contributed by atoms with van der Waals surface area (Å²) in [6, 6.07) is 17.7. The minimum atomic E-state index is -3.81. The number of aryl methyl sites for hydroxylation is 1. The topological polar surface area (TPSA) is 159 Å². The Labute approximate surface area is 265 Å². The molecule has 0 fully saturated rings. The van der Waals surface area contributed by atoms with Crippen LogP contribution in [0.25, 0.3) is 67.4 Å². The number of oxazole rings is 1. The first-order chi connectivity index (χ1) is 22.4. The van der Waals surface area contributed by atoms with E-state index in [-0.39, 0.29) is 45.5 Å². The van der Waals surface area contributed by atoms with E-state index in [1.54, 1.807) is 37.3 Å². The molecule has 0 saturated carbocycles. The van der Waals surface area contributed by atoms with Crippen molar-refractivity contribution in [3.05, 3.63) is 95.8 Å². The second-order valence-corrected chi connectivity index (χ2v) is 12.8. The highest BCUT2D eigenvalue weighted by molar-refractivity contribution is 7.92. The van der Waals surface area contributed by atoms with E-state index in [0.717, 1.165) is 10.6 Å². The largest absolute Gasteiger partial charge is 0.455 e. The molecular weight excluding hydrogens is 632 g/mol. The van der Waals surface area contributed by atoms with Crippen molar-refractivity contribution < 1.29 is 35.4 Å². The highest BCUT2D eigenvalue weighted by Gasteiger charge is 2.27. The van der Waals surface area contributed by atoms with Gasteiger partial charge in [0.1, 0.15) is 22.7 Å². The van der Waals surface area contributed by atoms with Gasteiger partial charge in [-0.25, -0.2) is 22.2 Å². The number of anilines is 1. The predicted molar refractivity (Wildman–Crippen MR) is 170 cm³/mol. The van der Waals surface area contributed by atoms with Gasteiger partial charge in [0, 0.05) is 29.6 Å². The summed E-state index contributed by atoms with van der Waals surface area (Å²) in [6.45, 7) is 1.65. The van der Waals surface area contributed by atoms with Gasteiger partial charge < -0.3 is 19.1 Å². The normalized spacial score (nSPS) is 11.9. The molecular formula is C33H23F2N5O6S. The zero-order chi connectivity index (χ0) is 33.2. The lowest BCUT2D eigenvalue weighted by atomic mass is 9.95. The van der Waals surface area contributed by atoms with Crippen molar-refractivity contribution in [3.63, 3.8) is 0 Å². The van der Waals surface area contributed by atoms with Gasteiger partial charge in [-0.2, -0.15) is 4.98 Å². The van der Waals surface area contributed by atoms with Gasteiger partial charge in [-0.15, -0.1) is 0 Å². The molecule has 0 aliphatic carbocycles. The third kappa shape index (κ3) is 5.17. The molecule has 14 heteroatoms. The van der Waals surface area contributed by atoms with Crippen LogP contribution in [0.1, 0.15) is 16.2 Å². The zero-order valence-corrected chi connectivity index (χ0v) is 25.7. The molecule has 0 unspecified atom stereocenters. The Balaban J connectivity index is 1.52. The van der Waals surface area contributed by atoms with Gasteiger partial charge >= 0.3 is 0 Å². The number of carbonyl (C=O) groups is 1. The molecule has 7 aromatic rings. The first-order valence-corrected chi connectivity index (χ1v) is 15.8. The summed E-state index contributed by atoms with van der Waals surface area (Å²) in [7, 11) is -2.44. The van der Waals surface area contributed by atoms with Crippen LogP contribution in [0.5, 0.6) is 0 Å². The maximum atomic E-state index is 14.6. The molecule has 0 aliphatic rings. The number of rotatable bonds is 7. The summed E-state index contributed by atoms with van der Waals surface area (Å²) in [5, 5.41) is 4.17. The van der Waals surface area contributed by atoms with E-state index in [0.29, 0.717) is 39.0 Å². The van der Waals surface area contributed by atoms with Gasteiger partial charge in [0.15, 0.2) is 17.2 Å². The molecule has 0 bridgehead atoms. The molecule has 11 nitrogen and oxygen atoms in total. The lowest BCUT2D eigenvalue weighted by molar-refractivity contribution is 0.100. The van der Waals surface area contributed by atoms with Crippen molar-refractivity contribution in [2.24, 2.45) is 5.73 Å². The van der Waals surface area contributed by atoms with Crippen molar-refractivity contribution in [3.8, 4) is 45.4 Å². The van der Waals surface area contributed by atoms with Crippen LogP contribution in [0.15, 0.2) is 86.2 Å². The number of halogens is 2. The van der Waals surface area contributed by atoms with Crippen LogP contribution in [0, 0.1) is 18.6 Å². The molecule has 3 aromatic heterocycles. The second kappa shape index (κ2) is 10.9. The summed E-state index contributed by atoms with van der Waals surface area (Å²) in [6.07, 6.45) is 1.04. The van der Waals surface area contributed by atoms with Crippen LogP contribution in [-0.4, -0.2) is 42.8 Å². The monoisotopic (exact) mass is 655 g/mol. The van der Waals surface area contributed by atoms with E-state index in [2.05, 4.69) is 15.1 Å². The number of hydrogen-bond acceptors (Lipinski definition) is 9. The van der Waals surface area contributed by atoms with Crippen LogP contribution in [-0.2, 0) is 10.0 Å². The summed E-state index contributed by atoms with van der Waals surface area (Å²) in [4.78, 5) is 21.6. The molecule has 3 heterocycles. The fourth-order valence-electron chi connectivity index (χ4n) is 5.36. The smallest absolute Gasteiger partial charge is 0.258 e. The average Bonchev–Trinajstić information content (AvgIpc) is 3.76. The van der Waals surface area contributed by atoms with Gasteiger partial charge in [-0.05, 0) is 67.1 Å². The molecule has 4 aromatic carbocycles. The van der Waals surface area contributed by atoms with Gasteiger partial charge in [0.2, 0.25) is 15.9 Å². The van der Waals surface area contributed by atoms with E-state index >= 15 is 0 Å². The van der Waals surface area contributed by atoms with E-state index in [9.17, 15) is 22.0 Å². The summed E-state index contributed by atoms with van der Waals surface area (Å²) in [5.74, 6) is -1.23. The molecule has 1 amide bonds. The fourth-order valence-corrected chi connectivity index (χ4v) is 5.87. The molecule has 236 valence electrons. The Hall–Kier alpha value is -5.89. The van der Waals surface area contributed by atoms with Gasteiger partial charge in [0.05, 0.1) is 28.6 Å². The number of benzene rings is 4. The standard InChI is InChI=1S/C33H23F2N5O6S/c1-16-37-33(46-39-16)20-12-9-18(13-22(20)32-38-29-24(35)5-4-6-26(29)45-32)21-14-23-27(15-25(21)40(2)47(3,42)43)44-30(28(23)31(36)41)17-7-10-19(34)11-8-17/h4-15H,1-3H3,(H2,36,41). The molecule has 0 atom stereocenters. The highest BCUT2D eigenvalue weighted by atomic mass is 32.2. The molecule has 47 heavy (non-hydrogen) atoms. The van der Waals surface area contributed by atoms with E-state index < -0.39 is 27.6 Å². The average molecular weight is 656 g/mol. The molecule has 0 aliphatic heterocycles. The first kappa shape index (κ1) is 29.8. The van der Waals surface area contributed by atoms with Crippen molar-refractivity contribution in [1.82, 2.24) is 15.1 Å². The Morgan fingerprint density at radius 1 is 0.851 bits per heavy atom. The number of nitrogens with two attached hydrogens (primary N) is 1. The number of para-hydroxylation sites is 1. The summed E-state index contributed by atoms with van der Waals surface area (Å²) < 4.78 is 72.6. The quantitative estimate of drug-likeness (QED) is 0.197. The van der Waals surface area contributed by atoms with E-state index in [1.807, 2.05) is 0 Å². The minimum Gasteiger partial charge on any atom is -0.455 e. The molecule has 0 radical (unpaired) electrons. The number of amides is 1. The predicted octanol–water partition coefficient (Wildman–Crippen LogP) is 6.71. The van der Waals surface area contributed by atoms with Crippen molar-refractivity contribution in [2.45, 2.75) is 6.92 Å². The van der Waals surface area contributed by atoms with Gasteiger partial charge in [0.25, 0.3) is 11.8 Å². The summed E-state index contributed by atoms with van der Waals surface area (Å²) in [5.41, 5.74) is 8.39. The number of sulfonamides is 1. The van der Waals surface area contributed by atoms with Crippen molar-refractivity contribution >= 4 is 43.7 Å². The van der Waals surface area contributed by atoms with Crippen LogP contribution >= 0.6 is 0 Å². The Morgan fingerprint density at radius 3 is 2.26 bits per heavy atom. The van der Waals surface area contributed by atoms with Crippen LogP contribution in [0.3, 0.4) is 0 Å². The van der Waals surface area contributed by atoms with E-state index in [1.165, 1.54) is 49.5 Å². The second-order valence-electron chi connectivity index (χ2n) is 10.8. The molecule has 2 N–H and O–H groups in total. The number of aromatic nitrogens is 3. The Bertz CT molecular complexity index is 2490. The lowest BCUT2D eigenvalue weighted by Crippen LogP contribution is -2.25. The molecule has 0 spiro atoms. The van der Waals surface area contributed by atoms with Crippen molar-refractivity contribution in [2.75, 3.05) is 17.6 Å². The maximum absolute atomic E-state index is 14.6. The number of furan rings is 1. The van der Waals surface area contributed by atoms with Gasteiger partial charge in [-0.3, -0.25) is 9.10 Å². The number of hydrogen-bond donors (Lipinski definition) is 1. The third-order valence-corrected chi connectivity index (χ3v) is 8.88.